The van der Waals surface area contributed by atoms with E-state index in [1.807, 2.05) is 20.8 Å². The van der Waals surface area contributed by atoms with Gasteiger partial charge in [0.15, 0.2) is 12.1 Å². The van der Waals surface area contributed by atoms with Crippen LogP contribution in [-0.4, -0.2) is 68.5 Å². The molecular formula is C38H49ClF2N2O8. The van der Waals surface area contributed by atoms with Gasteiger partial charge in [0, 0.05) is 48.5 Å². The number of halogens is 3. The number of alkyl carbamates (subject to hydrolysis) is 1. The summed E-state index contributed by atoms with van der Waals surface area (Å²) in [6, 6.07) is 1.29. The van der Waals surface area contributed by atoms with Gasteiger partial charge in [0.1, 0.15) is 29.4 Å². The Labute approximate surface area is 303 Å². The van der Waals surface area contributed by atoms with Gasteiger partial charge in [0.25, 0.3) is 12.4 Å². The number of fused-ring (bicyclic) bond motifs is 1. The highest BCUT2D eigenvalue weighted by Crippen LogP contribution is 2.51. The second-order valence-electron chi connectivity index (χ2n) is 13.6. The van der Waals surface area contributed by atoms with Crippen LogP contribution >= 0.6 is 11.6 Å². The Morgan fingerprint density at radius 2 is 1.96 bits per heavy atom. The fourth-order valence-electron chi connectivity index (χ4n) is 6.26. The second kappa shape index (κ2) is 18.7. The molecule has 1 N–H and O–H groups in total. The molecule has 2 aromatic rings. The third kappa shape index (κ3) is 10.9. The predicted molar refractivity (Wildman–Crippen MR) is 189 cm³/mol. The van der Waals surface area contributed by atoms with E-state index < -0.39 is 28.9 Å². The van der Waals surface area contributed by atoms with Gasteiger partial charge >= 0.3 is 6.09 Å². The summed E-state index contributed by atoms with van der Waals surface area (Å²) in [6.07, 6.45) is 14.0. The molecule has 5 rings (SSSR count). The lowest BCUT2D eigenvalue weighted by Gasteiger charge is -2.32. The Hall–Kier alpha value is -3.74. The number of ether oxygens (including phenoxy) is 6. The summed E-state index contributed by atoms with van der Waals surface area (Å²) in [7, 11) is 1.31. The summed E-state index contributed by atoms with van der Waals surface area (Å²) in [4.78, 5) is 25.2. The molecule has 1 aromatic carbocycles. The van der Waals surface area contributed by atoms with Gasteiger partial charge in [-0.05, 0) is 90.2 Å². The van der Waals surface area contributed by atoms with Crippen LogP contribution in [0, 0.1) is 18.6 Å². The highest BCUT2D eigenvalue weighted by molar-refractivity contribution is 6.34. The van der Waals surface area contributed by atoms with Crippen LogP contribution in [0.5, 0.6) is 11.6 Å². The van der Waals surface area contributed by atoms with E-state index in [0.29, 0.717) is 62.2 Å². The zero-order valence-electron chi connectivity index (χ0n) is 30.1. The number of carbonyl (C=O) groups is 2. The Balaban J connectivity index is 0.00000138. The van der Waals surface area contributed by atoms with Crippen LogP contribution < -0.4 is 14.8 Å². The van der Waals surface area contributed by atoms with Crippen molar-refractivity contribution >= 4 is 24.2 Å². The summed E-state index contributed by atoms with van der Waals surface area (Å²) in [5, 5.41) is 2.62. The molecule has 1 saturated heterocycles. The summed E-state index contributed by atoms with van der Waals surface area (Å²) in [5.41, 5.74) is 1.07. The molecule has 1 aromatic heterocycles. The lowest BCUT2D eigenvalue weighted by atomic mass is 9.80. The average molecular weight is 735 g/mol. The Morgan fingerprint density at radius 3 is 2.63 bits per heavy atom. The summed E-state index contributed by atoms with van der Waals surface area (Å²) in [6.45, 7) is 8.89. The molecule has 2 unspecified atom stereocenters. The summed E-state index contributed by atoms with van der Waals surface area (Å²) in [5.74, 6) is -1.32. The number of hydrogen-bond donors (Lipinski definition) is 1. The lowest BCUT2D eigenvalue weighted by Crippen LogP contribution is -2.37. The quantitative estimate of drug-likeness (QED) is 0.160. The molecule has 1 aliphatic carbocycles. The van der Waals surface area contributed by atoms with Crippen LogP contribution in [0.2, 0.25) is 5.02 Å². The van der Waals surface area contributed by atoms with Gasteiger partial charge in [0.2, 0.25) is 0 Å². The standard InChI is InChI=1S/C36H45ClF2N2O6.C2H4O2/c1-23-22-41-33(45-19-18-44-28-14-8-11-17-43-28)32(39)29(23)30-25-21-36(24-12-6-5-7-13-24,46-27(25)20-26(38)31(30)37)15-9-10-16-40-34(42)47-35(2,3)4;1-4-2-3/h6,12-13,20,22,28H,5,7-11,14-19,21H2,1-4H3,(H,40,42);2H,1H3. The number of nitrogens with one attached hydrogen (secondary N) is 1. The maximum Gasteiger partial charge on any atom is 0.407 e. The monoisotopic (exact) mass is 734 g/mol. The molecule has 10 nitrogen and oxygen atoms in total. The molecular weight excluding hydrogens is 686 g/mol. The van der Waals surface area contributed by atoms with E-state index in [-0.39, 0.29) is 41.5 Å². The summed E-state index contributed by atoms with van der Waals surface area (Å²) >= 11 is 6.65. The van der Waals surface area contributed by atoms with Crippen molar-refractivity contribution in [3.05, 3.63) is 63.8 Å². The molecule has 0 saturated carbocycles. The van der Waals surface area contributed by atoms with Crippen LogP contribution in [0.4, 0.5) is 13.6 Å². The highest BCUT2D eigenvalue weighted by Gasteiger charge is 2.44. The van der Waals surface area contributed by atoms with Gasteiger partial charge in [-0.25, -0.2) is 18.6 Å². The van der Waals surface area contributed by atoms with Gasteiger partial charge in [0.05, 0.1) is 18.7 Å². The molecule has 1 fully saturated rings. The number of aromatic nitrogens is 1. The van der Waals surface area contributed by atoms with Crippen LogP contribution in [0.25, 0.3) is 11.1 Å². The number of aryl methyl sites for hydroxylation is 1. The zero-order valence-corrected chi connectivity index (χ0v) is 30.8. The SMILES string of the molecule is COC=O.Cc1cnc(OCCOC2CCCCO2)c(F)c1-c1c(Cl)c(F)cc2c1CC(CCCCNC(=O)OC(C)(C)C)(C1=CCCC=C1)O2. The third-order valence-electron chi connectivity index (χ3n) is 8.54. The van der Waals surface area contributed by atoms with E-state index >= 15 is 8.78 Å². The van der Waals surface area contributed by atoms with Gasteiger partial charge in [-0.15, -0.1) is 0 Å². The first-order valence-corrected chi connectivity index (χ1v) is 17.8. The van der Waals surface area contributed by atoms with Crippen LogP contribution in [0.15, 0.2) is 36.1 Å². The van der Waals surface area contributed by atoms with Gasteiger partial charge in [-0.2, -0.15) is 0 Å². The van der Waals surface area contributed by atoms with E-state index in [1.54, 1.807) is 6.92 Å². The van der Waals surface area contributed by atoms with Crippen molar-refractivity contribution in [2.45, 2.75) is 103 Å². The Bertz CT molecular complexity index is 1570. The van der Waals surface area contributed by atoms with E-state index in [1.165, 1.54) is 19.4 Å². The first-order valence-electron chi connectivity index (χ1n) is 17.4. The number of hydrogen-bond acceptors (Lipinski definition) is 9. The van der Waals surface area contributed by atoms with Gasteiger partial charge in [-0.1, -0.05) is 29.8 Å². The maximum absolute atomic E-state index is 16.2. The van der Waals surface area contributed by atoms with E-state index in [4.69, 9.17) is 40.1 Å². The number of benzene rings is 1. The smallest absolute Gasteiger partial charge is 0.407 e. The van der Waals surface area contributed by atoms with Crippen molar-refractivity contribution < 1.29 is 46.8 Å². The van der Waals surface area contributed by atoms with Crippen LogP contribution in [-0.2, 0) is 30.2 Å². The molecule has 51 heavy (non-hydrogen) atoms. The Morgan fingerprint density at radius 1 is 1.18 bits per heavy atom. The Kier molecular flexibility index (Phi) is 14.6. The zero-order chi connectivity index (χ0) is 37.0. The van der Waals surface area contributed by atoms with Gasteiger partial charge in [-0.3, -0.25) is 4.79 Å². The van der Waals surface area contributed by atoms with Crippen molar-refractivity contribution in [3.63, 3.8) is 0 Å². The first-order chi connectivity index (χ1) is 24.4. The van der Waals surface area contributed by atoms with Crippen LogP contribution in [0.3, 0.4) is 0 Å². The molecule has 0 spiro atoms. The van der Waals surface area contributed by atoms with Crippen molar-refractivity contribution in [2.24, 2.45) is 0 Å². The van der Waals surface area contributed by atoms with Crippen molar-refractivity contribution in [2.75, 3.05) is 33.5 Å². The van der Waals surface area contributed by atoms with Crippen molar-refractivity contribution in [1.82, 2.24) is 10.3 Å². The van der Waals surface area contributed by atoms with E-state index in [0.717, 1.165) is 37.7 Å². The van der Waals surface area contributed by atoms with Crippen molar-refractivity contribution in [3.8, 4) is 22.8 Å². The number of carbonyl (C=O) groups excluding carboxylic acids is 2. The molecule has 13 heteroatoms. The second-order valence-corrected chi connectivity index (χ2v) is 14.0. The third-order valence-corrected chi connectivity index (χ3v) is 8.91. The number of unbranched alkanes of at least 4 members (excludes halogenated alkanes) is 1. The minimum Gasteiger partial charge on any atom is -0.482 e. The first kappa shape index (κ1) is 40.0. The average Bonchev–Trinajstić information content (AvgIpc) is 3.48. The van der Waals surface area contributed by atoms with Crippen molar-refractivity contribution in [1.29, 1.82) is 0 Å². The number of methoxy groups -OCH3 is 1. The fourth-order valence-corrected chi connectivity index (χ4v) is 6.52. The molecule has 0 radical (unpaired) electrons. The highest BCUT2D eigenvalue weighted by atomic mass is 35.5. The van der Waals surface area contributed by atoms with Crippen LogP contribution in [0.1, 0.15) is 83.3 Å². The van der Waals surface area contributed by atoms with Gasteiger partial charge < -0.3 is 33.7 Å². The molecule has 3 heterocycles. The number of nitrogens with zero attached hydrogens (tertiary/aromatic N) is 1. The number of allylic oxidation sites excluding steroid dienone is 2. The lowest BCUT2D eigenvalue weighted by molar-refractivity contribution is -0.165. The molecule has 1 amide bonds. The van der Waals surface area contributed by atoms with E-state index in [2.05, 4.69) is 33.3 Å². The number of pyridine rings is 1. The topological polar surface area (TPSA) is 114 Å². The molecule has 280 valence electrons. The van der Waals surface area contributed by atoms with E-state index in [9.17, 15) is 4.79 Å². The minimum atomic E-state index is -0.813. The number of amides is 1. The normalized spacial score (nSPS) is 19.5. The number of rotatable bonds is 13. The largest absolute Gasteiger partial charge is 0.482 e. The molecule has 2 atom stereocenters. The maximum atomic E-state index is 16.2. The molecule has 0 bridgehead atoms. The minimum absolute atomic E-state index is 0.0662. The fraction of sp³-hybridized carbons (Fsp3) is 0.553. The molecule has 2 aliphatic heterocycles. The molecule has 3 aliphatic rings. The summed E-state index contributed by atoms with van der Waals surface area (Å²) < 4.78 is 64.5. The predicted octanol–water partition coefficient (Wildman–Crippen LogP) is 8.34.